The van der Waals surface area contributed by atoms with Gasteiger partial charge in [0.05, 0.1) is 29.5 Å². The Labute approximate surface area is 154 Å². The van der Waals surface area contributed by atoms with E-state index in [2.05, 4.69) is 10.5 Å². The second-order valence-corrected chi connectivity index (χ2v) is 6.00. The molecule has 2 rings (SSSR count). The summed E-state index contributed by atoms with van der Waals surface area (Å²) in [6, 6.07) is 2.92. The van der Waals surface area contributed by atoms with Crippen LogP contribution in [0, 0.1) is 13.8 Å². The number of nitrogens with one attached hydrogen (secondary N) is 1. The van der Waals surface area contributed by atoms with E-state index in [4.69, 9.17) is 14.0 Å². The molecule has 2 aromatic rings. The predicted octanol–water partition coefficient (Wildman–Crippen LogP) is 4.08. The molecule has 6 nitrogen and oxygen atoms in total. The highest BCUT2D eigenvalue weighted by Crippen LogP contribution is 2.36. The lowest BCUT2D eigenvalue weighted by Crippen LogP contribution is -2.21. The van der Waals surface area contributed by atoms with Crippen molar-refractivity contribution in [2.24, 2.45) is 0 Å². The Kier molecular flexibility index (Phi) is 6.48. The van der Waals surface area contributed by atoms with Crippen molar-refractivity contribution in [1.82, 2.24) is 5.16 Å². The van der Waals surface area contributed by atoms with Gasteiger partial charge in [-0.1, -0.05) is 5.16 Å². The maximum atomic E-state index is 13.0. The maximum Gasteiger partial charge on any atom is 0.416 e. The number of carbonyl (C=O) groups excluding carboxylic acids is 1. The van der Waals surface area contributed by atoms with E-state index in [1.165, 1.54) is 13.2 Å². The van der Waals surface area contributed by atoms with E-state index in [1.807, 2.05) is 0 Å². The number of nitrogens with zero attached hydrogens (tertiary/aromatic N) is 1. The molecule has 148 valence electrons. The van der Waals surface area contributed by atoms with E-state index in [1.54, 1.807) is 20.8 Å². The summed E-state index contributed by atoms with van der Waals surface area (Å²) in [7, 11) is 1.48. The number of hydrogen-bond acceptors (Lipinski definition) is 5. The van der Waals surface area contributed by atoms with Crippen molar-refractivity contribution in [3.8, 4) is 5.75 Å². The van der Waals surface area contributed by atoms with Crippen LogP contribution in [0.25, 0.3) is 0 Å². The molecule has 0 aliphatic rings. The van der Waals surface area contributed by atoms with E-state index >= 15 is 0 Å². The van der Waals surface area contributed by atoms with Gasteiger partial charge in [0.1, 0.15) is 18.1 Å². The number of alkyl halides is 3. The SMILES string of the molecule is COCCOc1ccc(C(F)(F)F)cc1NC(=O)[C@H](C)c1c(C)noc1C. The van der Waals surface area contributed by atoms with E-state index in [9.17, 15) is 18.0 Å². The highest BCUT2D eigenvalue weighted by atomic mass is 19.4. The summed E-state index contributed by atoms with van der Waals surface area (Å²) in [5, 5.41) is 6.32. The zero-order chi connectivity index (χ0) is 20.2. The number of benzene rings is 1. The Morgan fingerprint density at radius 1 is 1.30 bits per heavy atom. The van der Waals surface area contributed by atoms with Gasteiger partial charge in [-0.2, -0.15) is 13.2 Å². The minimum absolute atomic E-state index is 0.0652. The molecule has 0 saturated heterocycles. The topological polar surface area (TPSA) is 73.6 Å². The summed E-state index contributed by atoms with van der Waals surface area (Å²) in [5.74, 6) is -0.562. The highest BCUT2D eigenvalue weighted by Gasteiger charge is 2.32. The third-order valence-corrected chi connectivity index (χ3v) is 4.02. The van der Waals surface area contributed by atoms with Crippen LogP contribution >= 0.6 is 0 Å². The molecule has 9 heteroatoms. The number of anilines is 1. The molecule has 1 amide bonds. The Balaban J connectivity index is 2.29. The van der Waals surface area contributed by atoms with Crippen molar-refractivity contribution in [2.45, 2.75) is 32.9 Å². The molecule has 1 aromatic heterocycles. The average molecular weight is 386 g/mol. The lowest BCUT2D eigenvalue weighted by molar-refractivity contribution is -0.137. The summed E-state index contributed by atoms with van der Waals surface area (Å²) in [4.78, 5) is 12.6. The second kappa shape index (κ2) is 8.43. The van der Waals surface area contributed by atoms with E-state index in [-0.39, 0.29) is 24.7 Å². The van der Waals surface area contributed by atoms with Crippen LogP contribution in [0.15, 0.2) is 22.7 Å². The van der Waals surface area contributed by atoms with E-state index in [0.29, 0.717) is 17.0 Å². The van der Waals surface area contributed by atoms with Crippen LogP contribution < -0.4 is 10.1 Å². The molecule has 1 heterocycles. The fourth-order valence-corrected chi connectivity index (χ4v) is 2.65. The minimum Gasteiger partial charge on any atom is -0.489 e. The summed E-state index contributed by atoms with van der Waals surface area (Å²) < 4.78 is 54.5. The molecule has 1 aromatic carbocycles. The van der Waals surface area contributed by atoms with Gasteiger partial charge >= 0.3 is 6.18 Å². The molecule has 0 saturated carbocycles. The normalized spacial score (nSPS) is 12.7. The van der Waals surface area contributed by atoms with Crippen LogP contribution in [0.1, 0.15) is 35.4 Å². The van der Waals surface area contributed by atoms with Crippen molar-refractivity contribution in [3.63, 3.8) is 0 Å². The Hall–Kier alpha value is -2.55. The number of ether oxygens (including phenoxy) is 2. The lowest BCUT2D eigenvalue weighted by Gasteiger charge is -2.17. The number of amides is 1. The number of hydrogen-bond donors (Lipinski definition) is 1. The molecule has 27 heavy (non-hydrogen) atoms. The standard InChI is InChI=1S/C18H21F3N2O4/c1-10(16-11(2)23-27-12(16)3)17(24)22-14-9-13(18(19,20)21)5-6-15(14)26-8-7-25-4/h5-6,9-10H,7-8H2,1-4H3,(H,22,24)/t10-/m1/s1. The second-order valence-electron chi connectivity index (χ2n) is 6.00. The molecule has 0 aliphatic heterocycles. The molecule has 0 unspecified atom stereocenters. The zero-order valence-corrected chi connectivity index (χ0v) is 15.4. The number of carbonyl (C=O) groups is 1. The fourth-order valence-electron chi connectivity index (χ4n) is 2.65. The van der Waals surface area contributed by atoms with Gasteiger partial charge in [0.2, 0.25) is 5.91 Å². The quantitative estimate of drug-likeness (QED) is 0.726. The molecular formula is C18H21F3N2O4. The van der Waals surface area contributed by atoms with Gasteiger partial charge in [-0.25, -0.2) is 0 Å². The van der Waals surface area contributed by atoms with Crippen LogP contribution in [0.4, 0.5) is 18.9 Å². The lowest BCUT2D eigenvalue weighted by atomic mass is 9.98. The van der Waals surface area contributed by atoms with Crippen molar-refractivity contribution < 1.29 is 32.0 Å². The molecule has 1 N–H and O–H groups in total. The smallest absolute Gasteiger partial charge is 0.416 e. The van der Waals surface area contributed by atoms with Gasteiger partial charge in [0, 0.05) is 12.7 Å². The molecule has 0 aliphatic carbocycles. The van der Waals surface area contributed by atoms with Gasteiger partial charge in [-0.05, 0) is 39.0 Å². The molecule has 1 atom stereocenters. The first kappa shape index (κ1) is 20.8. The van der Waals surface area contributed by atoms with E-state index in [0.717, 1.165) is 12.1 Å². The van der Waals surface area contributed by atoms with Crippen LogP contribution in [-0.4, -0.2) is 31.4 Å². The third kappa shape index (κ3) is 5.00. The average Bonchev–Trinajstić information content (AvgIpc) is 2.93. The Morgan fingerprint density at radius 2 is 2.00 bits per heavy atom. The number of halogens is 3. The summed E-state index contributed by atoms with van der Waals surface area (Å²) in [6.45, 7) is 5.37. The summed E-state index contributed by atoms with van der Waals surface area (Å²) >= 11 is 0. The zero-order valence-electron chi connectivity index (χ0n) is 15.4. The minimum atomic E-state index is -4.54. The van der Waals surface area contributed by atoms with Crippen LogP contribution in [0.5, 0.6) is 5.75 Å². The predicted molar refractivity (Wildman–Crippen MR) is 91.8 cm³/mol. The van der Waals surface area contributed by atoms with Gasteiger partial charge in [-0.3, -0.25) is 4.79 Å². The first-order chi connectivity index (χ1) is 12.6. The van der Waals surface area contributed by atoms with Crippen LogP contribution in [0.3, 0.4) is 0 Å². The first-order valence-corrected chi connectivity index (χ1v) is 8.21. The molecule has 0 radical (unpaired) electrons. The number of aryl methyl sites for hydroxylation is 2. The Bertz CT molecular complexity index is 783. The van der Waals surface area contributed by atoms with E-state index < -0.39 is 23.6 Å². The highest BCUT2D eigenvalue weighted by molar-refractivity contribution is 5.97. The van der Waals surface area contributed by atoms with Gasteiger partial charge in [0.15, 0.2) is 0 Å². The number of rotatable bonds is 7. The number of aromatic nitrogens is 1. The summed E-state index contributed by atoms with van der Waals surface area (Å²) in [6.07, 6.45) is -4.54. The van der Waals surface area contributed by atoms with Crippen molar-refractivity contribution in [3.05, 3.63) is 40.8 Å². The summed E-state index contributed by atoms with van der Waals surface area (Å²) in [5.41, 5.74) is 0.198. The van der Waals surface area contributed by atoms with Crippen molar-refractivity contribution >= 4 is 11.6 Å². The van der Waals surface area contributed by atoms with Gasteiger partial charge in [-0.15, -0.1) is 0 Å². The Morgan fingerprint density at radius 3 is 2.56 bits per heavy atom. The third-order valence-electron chi connectivity index (χ3n) is 4.02. The van der Waals surface area contributed by atoms with Gasteiger partial charge < -0.3 is 19.3 Å². The largest absolute Gasteiger partial charge is 0.489 e. The monoisotopic (exact) mass is 386 g/mol. The molecule has 0 bridgehead atoms. The van der Waals surface area contributed by atoms with Crippen molar-refractivity contribution in [1.29, 1.82) is 0 Å². The molecule has 0 fully saturated rings. The maximum absolute atomic E-state index is 13.0. The molecular weight excluding hydrogens is 365 g/mol. The first-order valence-electron chi connectivity index (χ1n) is 8.21. The molecule has 0 spiro atoms. The van der Waals surface area contributed by atoms with Crippen LogP contribution in [-0.2, 0) is 15.7 Å². The van der Waals surface area contributed by atoms with Crippen molar-refractivity contribution in [2.75, 3.05) is 25.6 Å². The van der Waals surface area contributed by atoms with Crippen LogP contribution in [0.2, 0.25) is 0 Å². The fraction of sp³-hybridized carbons (Fsp3) is 0.444. The van der Waals surface area contributed by atoms with Gasteiger partial charge in [0.25, 0.3) is 0 Å². The number of methoxy groups -OCH3 is 1.